The van der Waals surface area contributed by atoms with Gasteiger partial charge in [0.1, 0.15) is 0 Å². The highest BCUT2D eigenvalue weighted by Crippen LogP contribution is 2.19. The van der Waals surface area contributed by atoms with E-state index in [0.29, 0.717) is 6.04 Å². The SMILES string of the molecule is CNC(=O)NC1CCN(Cc2csc(Br)n2)CC1. The van der Waals surface area contributed by atoms with Gasteiger partial charge in [-0.25, -0.2) is 9.78 Å². The second kappa shape index (κ2) is 6.49. The first-order valence-electron chi connectivity index (χ1n) is 5.98. The maximum absolute atomic E-state index is 11.2. The number of carbonyl (C=O) groups is 1. The number of aromatic nitrogens is 1. The standard InChI is InChI=1S/C11H17BrN4OS/c1-13-11(17)15-8-2-4-16(5-3-8)6-9-7-18-10(12)14-9/h7-8H,2-6H2,1H3,(H2,13,15,17). The Bertz CT molecular complexity index is 404. The van der Waals surface area contributed by atoms with Crippen LogP contribution in [0.15, 0.2) is 9.30 Å². The number of carbonyl (C=O) groups excluding carboxylic acids is 1. The molecule has 0 aromatic carbocycles. The number of thiazole rings is 1. The molecule has 0 spiro atoms. The third kappa shape index (κ3) is 3.93. The van der Waals surface area contributed by atoms with Gasteiger partial charge >= 0.3 is 6.03 Å². The highest BCUT2D eigenvalue weighted by Gasteiger charge is 2.20. The van der Waals surface area contributed by atoms with Crippen molar-refractivity contribution >= 4 is 33.3 Å². The van der Waals surface area contributed by atoms with Crippen molar-refractivity contribution in [1.82, 2.24) is 20.5 Å². The molecule has 0 saturated carbocycles. The van der Waals surface area contributed by atoms with Crippen molar-refractivity contribution in [2.45, 2.75) is 25.4 Å². The number of halogens is 1. The Morgan fingerprint density at radius 1 is 1.61 bits per heavy atom. The molecule has 0 radical (unpaired) electrons. The van der Waals surface area contributed by atoms with E-state index in [9.17, 15) is 4.79 Å². The third-order valence-corrected chi connectivity index (χ3v) is 4.47. The molecule has 0 unspecified atom stereocenters. The monoisotopic (exact) mass is 332 g/mol. The van der Waals surface area contributed by atoms with Crippen LogP contribution in [-0.2, 0) is 6.54 Å². The number of hydrogen-bond donors (Lipinski definition) is 2. The van der Waals surface area contributed by atoms with Gasteiger partial charge in [0.05, 0.1) is 5.69 Å². The largest absolute Gasteiger partial charge is 0.341 e. The molecule has 2 N–H and O–H groups in total. The third-order valence-electron chi connectivity index (χ3n) is 3.06. The van der Waals surface area contributed by atoms with Gasteiger partial charge in [0.15, 0.2) is 3.92 Å². The number of rotatable bonds is 3. The average Bonchev–Trinajstić information content (AvgIpc) is 2.77. The molecule has 7 heteroatoms. The molecule has 2 amide bonds. The first-order valence-corrected chi connectivity index (χ1v) is 7.65. The van der Waals surface area contributed by atoms with E-state index in [0.717, 1.165) is 42.1 Å². The number of nitrogens with zero attached hydrogens (tertiary/aromatic N) is 2. The summed E-state index contributed by atoms with van der Waals surface area (Å²) in [5.41, 5.74) is 1.12. The molecule has 5 nitrogen and oxygen atoms in total. The summed E-state index contributed by atoms with van der Waals surface area (Å²) in [7, 11) is 1.64. The average molecular weight is 333 g/mol. The lowest BCUT2D eigenvalue weighted by atomic mass is 10.1. The van der Waals surface area contributed by atoms with Gasteiger partial charge in [0, 0.05) is 38.1 Å². The van der Waals surface area contributed by atoms with Gasteiger partial charge in [-0.1, -0.05) is 0 Å². The van der Waals surface area contributed by atoms with Crippen LogP contribution in [0.25, 0.3) is 0 Å². The maximum atomic E-state index is 11.2. The molecular formula is C11H17BrN4OS. The molecular weight excluding hydrogens is 316 g/mol. The van der Waals surface area contributed by atoms with Crippen LogP contribution < -0.4 is 10.6 Å². The van der Waals surface area contributed by atoms with E-state index < -0.39 is 0 Å². The fourth-order valence-electron chi connectivity index (χ4n) is 2.08. The number of amides is 2. The molecule has 1 aromatic heterocycles. The Kier molecular flexibility index (Phi) is 4.96. The molecule has 2 heterocycles. The minimum atomic E-state index is -0.0862. The fraction of sp³-hybridized carbons (Fsp3) is 0.636. The Morgan fingerprint density at radius 3 is 2.89 bits per heavy atom. The number of urea groups is 1. The first kappa shape index (κ1) is 13.8. The zero-order valence-corrected chi connectivity index (χ0v) is 12.7. The van der Waals surface area contributed by atoms with E-state index in [-0.39, 0.29) is 6.03 Å². The molecule has 0 aliphatic carbocycles. The molecule has 18 heavy (non-hydrogen) atoms. The van der Waals surface area contributed by atoms with Crippen LogP contribution in [0.5, 0.6) is 0 Å². The molecule has 100 valence electrons. The second-order valence-corrected chi connectivity index (χ2v) is 6.50. The quantitative estimate of drug-likeness (QED) is 0.887. The zero-order valence-electron chi connectivity index (χ0n) is 10.3. The topological polar surface area (TPSA) is 57.3 Å². The highest BCUT2D eigenvalue weighted by molar-refractivity contribution is 9.11. The van der Waals surface area contributed by atoms with Crippen molar-refractivity contribution in [2.24, 2.45) is 0 Å². The van der Waals surface area contributed by atoms with Gasteiger partial charge < -0.3 is 10.6 Å². The van der Waals surface area contributed by atoms with Crippen LogP contribution in [0, 0.1) is 0 Å². The van der Waals surface area contributed by atoms with Crippen LogP contribution in [0.1, 0.15) is 18.5 Å². The van der Waals surface area contributed by atoms with Crippen LogP contribution in [0.4, 0.5) is 4.79 Å². The lowest BCUT2D eigenvalue weighted by Crippen LogP contribution is -2.46. The first-order chi connectivity index (χ1) is 8.67. The Labute approximate surface area is 119 Å². The van der Waals surface area contributed by atoms with Crippen molar-refractivity contribution in [1.29, 1.82) is 0 Å². The van der Waals surface area contributed by atoms with Crippen molar-refractivity contribution < 1.29 is 4.79 Å². The van der Waals surface area contributed by atoms with Gasteiger partial charge in [-0.2, -0.15) is 0 Å². The van der Waals surface area contributed by atoms with Crippen LogP contribution >= 0.6 is 27.3 Å². The van der Waals surface area contributed by atoms with Crippen molar-refractivity contribution in [3.63, 3.8) is 0 Å². The van der Waals surface area contributed by atoms with E-state index in [4.69, 9.17) is 0 Å². The number of piperidine rings is 1. The summed E-state index contributed by atoms with van der Waals surface area (Å²) >= 11 is 4.99. The van der Waals surface area contributed by atoms with E-state index in [1.807, 2.05) is 0 Å². The Hall–Kier alpha value is -0.660. The number of nitrogens with one attached hydrogen (secondary N) is 2. The van der Waals surface area contributed by atoms with Gasteiger partial charge in [-0.3, -0.25) is 4.90 Å². The van der Waals surface area contributed by atoms with E-state index in [2.05, 4.69) is 41.8 Å². The minimum absolute atomic E-state index is 0.0862. The van der Waals surface area contributed by atoms with Crippen LogP contribution in [0.2, 0.25) is 0 Å². The molecule has 2 rings (SSSR count). The smallest absolute Gasteiger partial charge is 0.314 e. The summed E-state index contributed by atoms with van der Waals surface area (Å²) in [5.74, 6) is 0. The molecule has 1 aliphatic rings. The lowest BCUT2D eigenvalue weighted by Gasteiger charge is -2.31. The van der Waals surface area contributed by atoms with Gasteiger partial charge in [-0.05, 0) is 28.8 Å². The zero-order chi connectivity index (χ0) is 13.0. The molecule has 1 aromatic rings. The van der Waals surface area contributed by atoms with Crippen molar-refractivity contribution in [3.05, 3.63) is 15.0 Å². The molecule has 0 bridgehead atoms. The summed E-state index contributed by atoms with van der Waals surface area (Å²) in [6.45, 7) is 2.91. The van der Waals surface area contributed by atoms with Gasteiger partial charge in [0.2, 0.25) is 0 Å². The molecule has 1 fully saturated rings. The maximum Gasteiger partial charge on any atom is 0.314 e. The normalized spacial score (nSPS) is 17.7. The molecule has 1 saturated heterocycles. The summed E-state index contributed by atoms with van der Waals surface area (Å²) < 4.78 is 0.939. The Morgan fingerprint density at radius 2 is 2.33 bits per heavy atom. The van der Waals surface area contributed by atoms with E-state index in [1.165, 1.54) is 0 Å². The predicted octanol–water partition coefficient (Wildman–Crippen LogP) is 1.80. The second-order valence-electron chi connectivity index (χ2n) is 4.37. The summed E-state index contributed by atoms with van der Waals surface area (Å²) in [6, 6.07) is 0.209. The highest BCUT2D eigenvalue weighted by atomic mass is 79.9. The predicted molar refractivity (Wildman–Crippen MR) is 75.7 cm³/mol. The van der Waals surface area contributed by atoms with E-state index >= 15 is 0 Å². The lowest BCUT2D eigenvalue weighted by molar-refractivity contribution is 0.186. The number of hydrogen-bond acceptors (Lipinski definition) is 4. The van der Waals surface area contributed by atoms with Gasteiger partial charge in [-0.15, -0.1) is 11.3 Å². The molecule has 1 aliphatic heterocycles. The fourth-order valence-corrected chi connectivity index (χ4v) is 3.12. The summed E-state index contributed by atoms with van der Waals surface area (Å²) in [5, 5.41) is 7.63. The minimum Gasteiger partial charge on any atom is -0.341 e. The molecule has 0 atom stereocenters. The van der Waals surface area contributed by atoms with Crippen molar-refractivity contribution in [2.75, 3.05) is 20.1 Å². The van der Waals surface area contributed by atoms with Crippen LogP contribution in [-0.4, -0.2) is 42.1 Å². The van der Waals surface area contributed by atoms with Crippen LogP contribution in [0.3, 0.4) is 0 Å². The van der Waals surface area contributed by atoms with Crippen molar-refractivity contribution in [3.8, 4) is 0 Å². The van der Waals surface area contributed by atoms with Gasteiger partial charge in [0.25, 0.3) is 0 Å². The Balaban J connectivity index is 1.75. The number of likely N-dealkylation sites (tertiary alicyclic amines) is 1. The summed E-state index contributed by atoms with van der Waals surface area (Å²) in [6.07, 6.45) is 2.00. The van der Waals surface area contributed by atoms with E-state index in [1.54, 1.807) is 18.4 Å². The summed E-state index contributed by atoms with van der Waals surface area (Å²) in [4.78, 5) is 18.0.